The fourth-order valence-corrected chi connectivity index (χ4v) is 1.38. The molecule has 0 fully saturated rings. The zero-order chi connectivity index (χ0) is 5.11. The molecule has 2 nitrogen and oxygen atoms in total. The second-order valence-corrected chi connectivity index (χ2v) is 3.33. The molecule has 0 aromatic rings. The van der Waals surface area contributed by atoms with Crippen molar-refractivity contribution >= 4 is 28.7 Å². The maximum atomic E-state index is 10.3. The summed E-state index contributed by atoms with van der Waals surface area (Å²) in [6, 6.07) is 0. The van der Waals surface area contributed by atoms with Gasteiger partial charge < -0.3 is 5.32 Å². The number of hydrogen-bond acceptors (Lipinski definition) is 1. The molecule has 1 heterocycles. The van der Waals surface area contributed by atoms with Gasteiger partial charge in [-0.25, -0.2) is 0 Å². The lowest BCUT2D eigenvalue weighted by atomic mass is 10.7. The molecule has 0 aliphatic carbocycles. The van der Waals surface area contributed by atoms with E-state index in [-0.39, 0.29) is 24.6 Å². The van der Waals surface area contributed by atoms with E-state index in [2.05, 4.69) is 5.32 Å². The number of carbonyl (C=O) groups excluding carboxylic acids is 1. The summed E-state index contributed by atoms with van der Waals surface area (Å²) in [5, 5.41) is 2.58. The Labute approximate surface area is 51.3 Å². The highest BCUT2D eigenvalue weighted by atomic mass is 127. The summed E-state index contributed by atoms with van der Waals surface area (Å²) in [4.78, 5) is 10.3. The van der Waals surface area contributed by atoms with Crippen LogP contribution in [0.3, 0.4) is 0 Å². The Bertz CT molecular complexity index is 139. The van der Waals surface area contributed by atoms with Crippen LogP contribution in [0.15, 0.2) is 12.3 Å². The molecule has 1 amide bonds. The topological polar surface area (TPSA) is 29.1 Å². The fraction of sp³-hybridized carbons (Fsp3) is 0. The predicted molar refractivity (Wildman–Crippen MR) is 37.8 cm³/mol. The summed E-state index contributed by atoms with van der Waals surface area (Å²) in [5.41, 5.74) is 0. The first-order chi connectivity index (χ1) is 3.39. The third kappa shape index (κ3) is 1.38. The molecule has 1 aliphatic rings. The van der Waals surface area contributed by atoms with E-state index in [9.17, 15) is 4.79 Å². The normalized spacial score (nSPS) is 18.0. The van der Waals surface area contributed by atoms with Crippen LogP contribution in [0.1, 0.15) is 0 Å². The van der Waals surface area contributed by atoms with Gasteiger partial charge in [-0.05, 0) is 30.8 Å². The fourth-order valence-electron chi connectivity index (χ4n) is 0.275. The van der Waals surface area contributed by atoms with Crippen molar-refractivity contribution < 1.29 is 4.79 Å². The van der Waals surface area contributed by atoms with Crippen molar-refractivity contribution in [1.29, 1.82) is 0 Å². The van der Waals surface area contributed by atoms with Crippen molar-refractivity contribution in [2.24, 2.45) is 0 Å². The van der Waals surface area contributed by atoms with Gasteiger partial charge in [0, 0.05) is 6.20 Å². The van der Waals surface area contributed by atoms with Crippen molar-refractivity contribution in [2.75, 3.05) is 0 Å². The van der Waals surface area contributed by atoms with Gasteiger partial charge in [0.25, 0.3) is 3.91 Å². The smallest absolute Gasteiger partial charge is 0.278 e. The van der Waals surface area contributed by atoms with Crippen molar-refractivity contribution in [3.05, 3.63) is 12.3 Å². The minimum absolute atomic E-state index is 0.182. The Hall–Kier alpha value is -0.190. The third-order valence-corrected chi connectivity index (χ3v) is 2.18. The molecule has 7 heavy (non-hydrogen) atoms. The molecule has 1 N–H and O–H groups in total. The van der Waals surface area contributed by atoms with E-state index in [0.717, 1.165) is 0 Å². The molecule has 0 unspecified atom stereocenters. The summed E-state index contributed by atoms with van der Waals surface area (Å²) in [6.45, 7) is 0. The second-order valence-electron chi connectivity index (χ2n) is 1.01. The summed E-state index contributed by atoms with van der Waals surface area (Å²) < 4.78 is 2.11. The van der Waals surface area contributed by atoms with Gasteiger partial charge >= 0.3 is 0 Å². The van der Waals surface area contributed by atoms with Crippen LogP contribution in [0.4, 0.5) is 4.79 Å². The lowest BCUT2D eigenvalue weighted by Gasteiger charge is -1.92. The first-order valence-corrected chi connectivity index (χ1v) is 4.14. The number of rotatable bonds is 0. The minimum Gasteiger partial charge on any atom is -0.324 e. The molecule has 1 aliphatic heterocycles. The molecular formula is C4H4INO. The highest BCUT2D eigenvalue weighted by molar-refractivity contribution is 14.2. The van der Waals surface area contributed by atoms with Gasteiger partial charge in [-0.3, -0.25) is 4.79 Å². The Morgan fingerprint density at radius 1 is 1.71 bits per heavy atom. The van der Waals surface area contributed by atoms with Crippen LogP contribution >= 0.6 is 20.7 Å². The van der Waals surface area contributed by atoms with Crippen LogP contribution in [0.25, 0.3) is 0 Å². The standard InChI is InChI=1S/C4H4INO/c7-4-5-2-1-3-6-4/h1-3H,(H,6,7). The Balaban J connectivity index is 2.66. The molecule has 0 radical (unpaired) electrons. The third-order valence-electron chi connectivity index (χ3n) is 0.528. The molecular weight excluding hydrogens is 205 g/mol. The lowest BCUT2D eigenvalue weighted by molar-refractivity contribution is 0.265. The quantitative estimate of drug-likeness (QED) is 0.360. The van der Waals surface area contributed by atoms with E-state index in [4.69, 9.17) is 0 Å². The number of allylic oxidation sites excluding steroid dienone is 1. The molecule has 0 aromatic heterocycles. The van der Waals surface area contributed by atoms with Gasteiger partial charge in [-0.15, -0.1) is 0 Å². The zero-order valence-corrected chi connectivity index (χ0v) is 5.68. The van der Waals surface area contributed by atoms with Crippen molar-refractivity contribution in [3.8, 4) is 0 Å². The first kappa shape index (κ1) is 4.96. The van der Waals surface area contributed by atoms with E-state index in [0.29, 0.717) is 0 Å². The van der Waals surface area contributed by atoms with E-state index >= 15 is 0 Å². The number of carbonyl (C=O) groups is 1. The van der Waals surface area contributed by atoms with Crippen LogP contribution in [-0.4, -0.2) is 7.93 Å². The summed E-state index contributed by atoms with van der Waals surface area (Å²) in [7, 11) is 0. The van der Waals surface area contributed by atoms with Gasteiger partial charge in [0.2, 0.25) is 0 Å². The average Bonchev–Trinajstić information content (AvgIpc) is 1.69. The maximum Gasteiger partial charge on any atom is 0.278 e. The monoisotopic (exact) mass is 209 g/mol. The number of hydrogen-bond donors (Lipinski definition) is 1. The Morgan fingerprint density at radius 3 is 2.86 bits per heavy atom. The zero-order valence-electron chi connectivity index (χ0n) is 3.52. The van der Waals surface area contributed by atoms with Crippen LogP contribution in [-0.2, 0) is 0 Å². The molecule has 3 heteroatoms. The Kier molecular flexibility index (Phi) is 1.56. The summed E-state index contributed by atoms with van der Waals surface area (Å²) in [5.74, 6) is 0. The second kappa shape index (κ2) is 2.20. The SMILES string of the molecule is O=C1NC=CC=I1. The van der Waals surface area contributed by atoms with Gasteiger partial charge in [0.15, 0.2) is 0 Å². The largest absolute Gasteiger partial charge is 0.324 e. The molecule has 0 atom stereocenters. The van der Waals surface area contributed by atoms with Crippen molar-refractivity contribution in [2.45, 2.75) is 0 Å². The molecule has 0 bridgehead atoms. The molecule has 1 rings (SSSR count). The van der Waals surface area contributed by atoms with E-state index in [1.54, 1.807) is 6.20 Å². The number of amides is 1. The highest BCUT2D eigenvalue weighted by Crippen LogP contribution is 1.98. The average molecular weight is 209 g/mol. The number of halogens is 1. The first-order valence-electron chi connectivity index (χ1n) is 1.82. The van der Waals surface area contributed by atoms with E-state index < -0.39 is 0 Å². The van der Waals surface area contributed by atoms with E-state index in [1.165, 1.54) is 0 Å². The number of nitrogens with one attached hydrogen (secondary N) is 1. The van der Waals surface area contributed by atoms with Crippen molar-refractivity contribution in [1.82, 2.24) is 5.32 Å². The van der Waals surface area contributed by atoms with Gasteiger partial charge in [-0.2, -0.15) is 0 Å². The highest BCUT2D eigenvalue weighted by Gasteiger charge is 1.90. The molecule has 0 saturated carbocycles. The van der Waals surface area contributed by atoms with Crippen LogP contribution < -0.4 is 5.32 Å². The Morgan fingerprint density at radius 2 is 2.57 bits per heavy atom. The van der Waals surface area contributed by atoms with Crippen molar-refractivity contribution in [3.63, 3.8) is 0 Å². The van der Waals surface area contributed by atoms with E-state index in [1.807, 2.05) is 10.1 Å². The molecule has 38 valence electrons. The lowest BCUT2D eigenvalue weighted by Crippen LogP contribution is -2.09. The van der Waals surface area contributed by atoms with Gasteiger partial charge in [-0.1, -0.05) is 0 Å². The maximum absolute atomic E-state index is 10.3. The van der Waals surface area contributed by atoms with Crippen LogP contribution in [0, 0.1) is 0 Å². The van der Waals surface area contributed by atoms with Gasteiger partial charge in [0.05, 0.1) is 0 Å². The molecule has 0 saturated heterocycles. The van der Waals surface area contributed by atoms with Crippen LogP contribution in [0.2, 0.25) is 0 Å². The predicted octanol–water partition coefficient (Wildman–Crippen LogP) is 0.996. The van der Waals surface area contributed by atoms with Gasteiger partial charge in [0.1, 0.15) is 0 Å². The summed E-state index contributed by atoms with van der Waals surface area (Å²) >= 11 is -0.310. The molecule has 0 spiro atoms. The minimum atomic E-state index is -0.310. The molecule has 0 aromatic carbocycles. The van der Waals surface area contributed by atoms with Crippen LogP contribution in [0.5, 0.6) is 0 Å². The summed E-state index contributed by atoms with van der Waals surface area (Å²) in [6.07, 6.45) is 3.53.